The van der Waals surface area contributed by atoms with Crippen LogP contribution in [0, 0.1) is 0 Å². The summed E-state index contributed by atoms with van der Waals surface area (Å²) in [6.07, 6.45) is 1.41. The maximum absolute atomic E-state index is 10.7. The predicted octanol–water partition coefficient (Wildman–Crippen LogP) is 0.528. The zero-order valence-electron chi connectivity index (χ0n) is 7.27. The summed E-state index contributed by atoms with van der Waals surface area (Å²) in [7, 11) is 0. The summed E-state index contributed by atoms with van der Waals surface area (Å²) in [5, 5.41) is 15.8. The van der Waals surface area contributed by atoms with Gasteiger partial charge >= 0.3 is 5.97 Å². The third kappa shape index (κ3) is 2.17. The molecule has 0 amide bonds. The summed E-state index contributed by atoms with van der Waals surface area (Å²) in [6.45, 7) is 2.21. The second kappa shape index (κ2) is 5.19. The summed E-state index contributed by atoms with van der Waals surface area (Å²) in [5.74, 6) is -0.903. The number of nitrogens with one attached hydrogen (secondary N) is 1. The molecule has 0 bridgehead atoms. The minimum Gasteiger partial charge on any atom is -0.478 e. The van der Waals surface area contributed by atoms with Crippen molar-refractivity contribution in [1.82, 2.24) is 15.1 Å². The van der Waals surface area contributed by atoms with Crippen molar-refractivity contribution in [2.24, 2.45) is 0 Å². The van der Waals surface area contributed by atoms with Crippen molar-refractivity contribution in [3.8, 4) is 0 Å². The first-order valence-corrected chi connectivity index (χ1v) is 3.78. The van der Waals surface area contributed by atoms with Crippen molar-refractivity contribution in [3.63, 3.8) is 0 Å². The Labute approximate surface area is 93.3 Å². The molecule has 0 unspecified atom stereocenters. The van der Waals surface area contributed by atoms with Gasteiger partial charge in [0.05, 0.1) is 18.4 Å². The first-order valence-electron chi connectivity index (χ1n) is 3.78. The lowest BCUT2D eigenvalue weighted by atomic mass is 10.2. The van der Waals surface area contributed by atoms with Gasteiger partial charge in [-0.2, -0.15) is 5.10 Å². The van der Waals surface area contributed by atoms with Crippen LogP contribution in [-0.4, -0.2) is 27.4 Å². The molecule has 0 aliphatic carbocycles. The van der Waals surface area contributed by atoms with Crippen LogP contribution in [0.4, 0.5) is 0 Å². The number of nitrogens with zero attached hydrogens (tertiary/aromatic N) is 2. The molecule has 80 valence electrons. The van der Waals surface area contributed by atoms with Gasteiger partial charge in [0, 0.05) is 13.1 Å². The Morgan fingerprint density at radius 1 is 1.57 bits per heavy atom. The number of carboxylic acid groups (broad SMARTS) is 1. The highest BCUT2D eigenvalue weighted by atomic mass is 35.5. The highest BCUT2D eigenvalue weighted by Gasteiger charge is 2.18. The number of rotatable bonds is 1. The zero-order valence-corrected chi connectivity index (χ0v) is 8.90. The van der Waals surface area contributed by atoms with Crippen LogP contribution in [0.15, 0.2) is 6.20 Å². The topological polar surface area (TPSA) is 67.1 Å². The second-order valence-electron chi connectivity index (χ2n) is 2.71. The maximum atomic E-state index is 10.7. The molecule has 2 heterocycles. The van der Waals surface area contributed by atoms with Crippen LogP contribution < -0.4 is 5.32 Å². The molecular weight excluding hydrogens is 229 g/mol. The van der Waals surface area contributed by atoms with Crippen LogP contribution in [0.25, 0.3) is 0 Å². The van der Waals surface area contributed by atoms with Gasteiger partial charge in [-0.3, -0.25) is 4.68 Å². The van der Waals surface area contributed by atoms with Gasteiger partial charge in [-0.05, 0) is 0 Å². The van der Waals surface area contributed by atoms with E-state index in [1.807, 2.05) is 0 Å². The van der Waals surface area contributed by atoms with Crippen LogP contribution in [0.3, 0.4) is 0 Å². The SMILES string of the molecule is Cl.Cl.O=C(O)c1cnn2c1CNCC2. The number of hydrogen-bond donors (Lipinski definition) is 2. The van der Waals surface area contributed by atoms with E-state index in [-0.39, 0.29) is 24.8 Å². The van der Waals surface area contributed by atoms with Crippen molar-refractivity contribution in [2.75, 3.05) is 6.54 Å². The molecule has 7 heteroatoms. The highest BCUT2D eigenvalue weighted by Crippen LogP contribution is 2.10. The van der Waals surface area contributed by atoms with E-state index >= 15 is 0 Å². The van der Waals surface area contributed by atoms with E-state index in [0.717, 1.165) is 18.8 Å². The van der Waals surface area contributed by atoms with E-state index in [1.165, 1.54) is 6.20 Å². The molecule has 0 atom stereocenters. The van der Waals surface area contributed by atoms with E-state index in [4.69, 9.17) is 5.11 Å². The fourth-order valence-electron chi connectivity index (χ4n) is 1.36. The van der Waals surface area contributed by atoms with Gasteiger partial charge in [-0.1, -0.05) is 0 Å². The number of aromatic carboxylic acids is 1. The van der Waals surface area contributed by atoms with Gasteiger partial charge in [0.1, 0.15) is 5.56 Å². The number of fused-ring (bicyclic) bond motifs is 1. The standard InChI is InChI=1S/C7H9N3O2.2ClH/c11-7(12)5-3-9-10-2-1-8-4-6(5)10;;/h3,8H,1-2,4H2,(H,11,12);2*1H. The van der Waals surface area contributed by atoms with E-state index in [9.17, 15) is 4.79 Å². The lowest BCUT2D eigenvalue weighted by molar-refractivity contribution is 0.0695. The Hall–Kier alpha value is -0.780. The number of carbonyl (C=O) groups is 1. The minimum absolute atomic E-state index is 0. The van der Waals surface area contributed by atoms with Gasteiger partial charge in [-0.15, -0.1) is 24.8 Å². The Kier molecular flexibility index (Phi) is 4.90. The van der Waals surface area contributed by atoms with Crippen LogP contribution in [0.1, 0.15) is 16.1 Å². The smallest absolute Gasteiger partial charge is 0.339 e. The predicted molar refractivity (Wildman–Crippen MR) is 55.4 cm³/mol. The van der Waals surface area contributed by atoms with E-state index in [1.54, 1.807) is 4.68 Å². The molecule has 0 spiro atoms. The normalized spacial score (nSPS) is 13.4. The lowest BCUT2D eigenvalue weighted by Crippen LogP contribution is -2.29. The number of halogens is 2. The zero-order chi connectivity index (χ0) is 8.55. The maximum Gasteiger partial charge on any atom is 0.339 e. The van der Waals surface area contributed by atoms with Crippen LogP contribution in [0.2, 0.25) is 0 Å². The summed E-state index contributed by atoms with van der Waals surface area (Å²) in [4.78, 5) is 10.7. The third-order valence-electron chi connectivity index (χ3n) is 1.97. The molecule has 2 rings (SSSR count). The summed E-state index contributed by atoms with van der Waals surface area (Å²) < 4.78 is 1.74. The third-order valence-corrected chi connectivity index (χ3v) is 1.97. The Morgan fingerprint density at radius 3 is 2.93 bits per heavy atom. The van der Waals surface area contributed by atoms with Crippen molar-refractivity contribution < 1.29 is 9.90 Å². The number of aromatic nitrogens is 2. The molecule has 1 aliphatic heterocycles. The second-order valence-corrected chi connectivity index (χ2v) is 2.71. The molecule has 1 aromatic rings. The Morgan fingerprint density at radius 2 is 2.29 bits per heavy atom. The molecule has 0 aromatic carbocycles. The Balaban J connectivity index is 0.000000845. The van der Waals surface area contributed by atoms with Crippen molar-refractivity contribution in [2.45, 2.75) is 13.1 Å². The fraction of sp³-hybridized carbons (Fsp3) is 0.429. The molecule has 0 saturated heterocycles. The van der Waals surface area contributed by atoms with Crippen LogP contribution in [-0.2, 0) is 13.1 Å². The Bertz CT molecular complexity index is 327. The fourth-order valence-corrected chi connectivity index (χ4v) is 1.36. The van der Waals surface area contributed by atoms with Crippen molar-refractivity contribution in [3.05, 3.63) is 17.5 Å². The van der Waals surface area contributed by atoms with Gasteiger partial charge in [0.25, 0.3) is 0 Å². The molecule has 0 fully saturated rings. The summed E-state index contributed by atoms with van der Waals surface area (Å²) in [6, 6.07) is 0. The molecule has 14 heavy (non-hydrogen) atoms. The average molecular weight is 240 g/mol. The van der Waals surface area contributed by atoms with Crippen LogP contribution >= 0.6 is 24.8 Å². The van der Waals surface area contributed by atoms with Crippen molar-refractivity contribution >= 4 is 30.8 Å². The average Bonchev–Trinajstić information content (AvgIpc) is 2.47. The van der Waals surface area contributed by atoms with E-state index < -0.39 is 5.97 Å². The molecular formula is C7H11Cl2N3O2. The minimum atomic E-state index is -0.903. The molecule has 0 radical (unpaired) electrons. The summed E-state index contributed by atoms with van der Waals surface area (Å²) >= 11 is 0. The first kappa shape index (κ1) is 13.2. The monoisotopic (exact) mass is 239 g/mol. The van der Waals surface area contributed by atoms with Gasteiger partial charge < -0.3 is 10.4 Å². The quantitative estimate of drug-likeness (QED) is 0.751. The van der Waals surface area contributed by atoms with Gasteiger partial charge in [0.2, 0.25) is 0 Å². The molecule has 0 saturated carbocycles. The van der Waals surface area contributed by atoms with E-state index in [2.05, 4.69) is 10.4 Å². The number of carboxylic acids is 1. The largest absolute Gasteiger partial charge is 0.478 e. The molecule has 2 N–H and O–H groups in total. The van der Waals surface area contributed by atoms with Crippen molar-refractivity contribution in [1.29, 1.82) is 0 Å². The van der Waals surface area contributed by atoms with Crippen LogP contribution in [0.5, 0.6) is 0 Å². The lowest BCUT2D eigenvalue weighted by Gasteiger charge is -2.14. The molecule has 1 aliphatic rings. The molecule has 5 nitrogen and oxygen atoms in total. The summed E-state index contributed by atoms with van der Waals surface area (Å²) in [5.41, 5.74) is 1.08. The highest BCUT2D eigenvalue weighted by molar-refractivity contribution is 5.88. The first-order chi connectivity index (χ1) is 5.79. The van der Waals surface area contributed by atoms with Gasteiger partial charge in [-0.25, -0.2) is 4.79 Å². The number of hydrogen-bond acceptors (Lipinski definition) is 3. The molecule has 1 aromatic heterocycles. The van der Waals surface area contributed by atoms with Gasteiger partial charge in [0.15, 0.2) is 0 Å². The van der Waals surface area contributed by atoms with E-state index in [0.29, 0.717) is 12.1 Å².